The molecule has 0 aliphatic carbocycles. The molecule has 0 fully saturated rings. The third-order valence-electron chi connectivity index (χ3n) is 3.02. The van der Waals surface area contributed by atoms with Crippen molar-refractivity contribution in [2.24, 2.45) is 0 Å². The maximum Gasteiger partial charge on any atom is 0.273 e. The van der Waals surface area contributed by atoms with E-state index in [4.69, 9.17) is 0 Å². The highest BCUT2D eigenvalue weighted by Crippen LogP contribution is 2.34. The molecule has 0 radical (unpaired) electrons. The molecule has 1 aromatic carbocycles. The summed E-state index contributed by atoms with van der Waals surface area (Å²) in [6.07, 6.45) is 1.31. The highest BCUT2D eigenvalue weighted by Gasteiger charge is 2.30. The Kier molecular flexibility index (Phi) is 4.29. The van der Waals surface area contributed by atoms with Crippen LogP contribution in [0.15, 0.2) is 24.3 Å². The Morgan fingerprint density at radius 1 is 0.941 bits per heavy atom. The van der Waals surface area contributed by atoms with E-state index in [1.54, 1.807) is 12.1 Å². The molecular formula is C15H22F2. The molecule has 0 atom stereocenters. The van der Waals surface area contributed by atoms with Crippen LogP contribution in [0.3, 0.4) is 0 Å². The first-order valence-corrected chi connectivity index (χ1v) is 6.26. The zero-order valence-electron chi connectivity index (χ0n) is 11.2. The standard InChI is InChI=1S/C15H22F2/c1-5-6-11-15(16,17)13-9-7-12(8-10-13)14(2,3)4/h7-10H,5-6,11H2,1-4H3. The summed E-state index contributed by atoms with van der Waals surface area (Å²) in [5.74, 6) is -2.69. The van der Waals surface area contributed by atoms with Crippen LogP contribution in [0, 0.1) is 0 Å². The van der Waals surface area contributed by atoms with E-state index in [0.29, 0.717) is 6.42 Å². The minimum absolute atomic E-state index is 0.0111. The lowest BCUT2D eigenvalue weighted by Gasteiger charge is -2.21. The summed E-state index contributed by atoms with van der Waals surface area (Å²) in [6.45, 7) is 8.17. The van der Waals surface area contributed by atoms with Gasteiger partial charge in [-0.1, -0.05) is 58.4 Å². The van der Waals surface area contributed by atoms with Gasteiger partial charge in [0.15, 0.2) is 0 Å². The average molecular weight is 240 g/mol. The van der Waals surface area contributed by atoms with Crippen LogP contribution in [0.4, 0.5) is 8.78 Å². The topological polar surface area (TPSA) is 0 Å². The summed E-state index contributed by atoms with van der Waals surface area (Å²) in [7, 11) is 0. The SMILES string of the molecule is CCCCC(F)(F)c1ccc(C(C)(C)C)cc1. The molecule has 0 spiro atoms. The van der Waals surface area contributed by atoms with Crippen molar-refractivity contribution >= 4 is 0 Å². The third-order valence-corrected chi connectivity index (χ3v) is 3.02. The summed E-state index contributed by atoms with van der Waals surface area (Å²) in [6, 6.07) is 6.76. The summed E-state index contributed by atoms with van der Waals surface area (Å²) >= 11 is 0. The molecule has 1 rings (SSSR count). The number of alkyl halides is 2. The number of halogens is 2. The van der Waals surface area contributed by atoms with Crippen LogP contribution in [-0.2, 0) is 11.3 Å². The first-order valence-electron chi connectivity index (χ1n) is 6.26. The van der Waals surface area contributed by atoms with Crippen molar-refractivity contribution in [3.05, 3.63) is 35.4 Å². The molecule has 0 saturated carbocycles. The molecule has 0 saturated heterocycles. The molecule has 0 amide bonds. The Morgan fingerprint density at radius 2 is 1.41 bits per heavy atom. The molecule has 0 unspecified atom stereocenters. The van der Waals surface area contributed by atoms with E-state index in [0.717, 1.165) is 12.0 Å². The second kappa shape index (κ2) is 5.16. The van der Waals surface area contributed by atoms with Crippen LogP contribution in [0.1, 0.15) is 58.1 Å². The predicted molar refractivity (Wildman–Crippen MR) is 68.6 cm³/mol. The van der Waals surface area contributed by atoms with Gasteiger partial charge in [0.2, 0.25) is 0 Å². The Balaban J connectivity index is 2.87. The Morgan fingerprint density at radius 3 is 1.82 bits per heavy atom. The summed E-state index contributed by atoms with van der Waals surface area (Å²) in [5.41, 5.74) is 1.24. The molecular weight excluding hydrogens is 218 g/mol. The number of unbranched alkanes of at least 4 members (excludes halogenated alkanes) is 1. The molecule has 96 valence electrons. The Labute approximate surface area is 103 Å². The minimum atomic E-state index is -2.69. The minimum Gasteiger partial charge on any atom is -0.201 e. The normalized spacial score (nSPS) is 12.8. The van der Waals surface area contributed by atoms with E-state index in [9.17, 15) is 8.78 Å². The molecule has 0 nitrogen and oxygen atoms in total. The van der Waals surface area contributed by atoms with E-state index >= 15 is 0 Å². The van der Waals surface area contributed by atoms with Gasteiger partial charge in [0.25, 0.3) is 5.92 Å². The van der Waals surface area contributed by atoms with E-state index in [-0.39, 0.29) is 17.4 Å². The number of benzene rings is 1. The summed E-state index contributed by atoms with van der Waals surface area (Å²) < 4.78 is 27.5. The maximum absolute atomic E-state index is 13.8. The van der Waals surface area contributed by atoms with Crippen molar-refractivity contribution in [2.75, 3.05) is 0 Å². The summed E-state index contributed by atoms with van der Waals surface area (Å²) in [5, 5.41) is 0. The quantitative estimate of drug-likeness (QED) is 0.673. The van der Waals surface area contributed by atoms with Crippen molar-refractivity contribution in [1.29, 1.82) is 0 Å². The van der Waals surface area contributed by atoms with Gasteiger partial charge >= 0.3 is 0 Å². The second-order valence-electron chi connectivity index (χ2n) is 5.64. The van der Waals surface area contributed by atoms with Crippen molar-refractivity contribution in [3.63, 3.8) is 0 Å². The molecule has 0 aromatic heterocycles. The number of hydrogen-bond donors (Lipinski definition) is 0. The average Bonchev–Trinajstić information content (AvgIpc) is 2.25. The van der Waals surface area contributed by atoms with Crippen LogP contribution in [0.5, 0.6) is 0 Å². The van der Waals surface area contributed by atoms with Crippen LogP contribution in [0.25, 0.3) is 0 Å². The van der Waals surface area contributed by atoms with Gasteiger partial charge in [-0.25, -0.2) is 8.78 Å². The van der Waals surface area contributed by atoms with Crippen LogP contribution in [0.2, 0.25) is 0 Å². The fourth-order valence-corrected chi connectivity index (χ4v) is 1.76. The summed E-state index contributed by atoms with van der Waals surface area (Å²) in [4.78, 5) is 0. The second-order valence-corrected chi connectivity index (χ2v) is 5.64. The van der Waals surface area contributed by atoms with E-state index < -0.39 is 5.92 Å². The van der Waals surface area contributed by atoms with E-state index in [2.05, 4.69) is 20.8 Å². The number of hydrogen-bond acceptors (Lipinski definition) is 0. The van der Waals surface area contributed by atoms with Crippen molar-refractivity contribution in [1.82, 2.24) is 0 Å². The van der Waals surface area contributed by atoms with Gasteiger partial charge in [-0.15, -0.1) is 0 Å². The van der Waals surface area contributed by atoms with Gasteiger partial charge < -0.3 is 0 Å². The molecule has 0 bridgehead atoms. The Bertz CT molecular complexity index is 344. The van der Waals surface area contributed by atoms with Gasteiger partial charge in [0.05, 0.1) is 0 Å². The van der Waals surface area contributed by atoms with Crippen molar-refractivity contribution < 1.29 is 8.78 Å². The van der Waals surface area contributed by atoms with Crippen LogP contribution >= 0.6 is 0 Å². The van der Waals surface area contributed by atoms with E-state index in [1.165, 1.54) is 0 Å². The molecule has 0 aliphatic rings. The predicted octanol–water partition coefficient (Wildman–Crippen LogP) is 5.27. The molecule has 0 aliphatic heterocycles. The third kappa shape index (κ3) is 3.79. The van der Waals surface area contributed by atoms with Crippen molar-refractivity contribution in [2.45, 2.75) is 58.3 Å². The highest BCUT2D eigenvalue weighted by molar-refractivity contribution is 5.29. The first-order chi connectivity index (χ1) is 7.77. The fraction of sp³-hybridized carbons (Fsp3) is 0.600. The zero-order chi connectivity index (χ0) is 13.1. The highest BCUT2D eigenvalue weighted by atomic mass is 19.3. The molecule has 1 aromatic rings. The largest absolute Gasteiger partial charge is 0.273 e. The lowest BCUT2D eigenvalue weighted by Crippen LogP contribution is -2.15. The number of rotatable bonds is 4. The molecule has 17 heavy (non-hydrogen) atoms. The van der Waals surface area contributed by atoms with Crippen molar-refractivity contribution in [3.8, 4) is 0 Å². The maximum atomic E-state index is 13.8. The van der Waals surface area contributed by atoms with Crippen LogP contribution in [-0.4, -0.2) is 0 Å². The molecule has 2 heteroatoms. The van der Waals surface area contributed by atoms with Gasteiger partial charge in [0, 0.05) is 12.0 Å². The Hall–Kier alpha value is -0.920. The van der Waals surface area contributed by atoms with Gasteiger partial charge in [-0.2, -0.15) is 0 Å². The van der Waals surface area contributed by atoms with Gasteiger partial charge in [0.1, 0.15) is 0 Å². The fourth-order valence-electron chi connectivity index (χ4n) is 1.76. The molecule has 0 N–H and O–H groups in total. The monoisotopic (exact) mass is 240 g/mol. The first kappa shape index (κ1) is 14.1. The van der Waals surface area contributed by atoms with Gasteiger partial charge in [-0.3, -0.25) is 0 Å². The van der Waals surface area contributed by atoms with Gasteiger partial charge in [-0.05, 0) is 17.4 Å². The van der Waals surface area contributed by atoms with E-state index in [1.807, 2.05) is 19.1 Å². The zero-order valence-corrected chi connectivity index (χ0v) is 11.2. The molecule has 0 heterocycles. The lowest BCUT2D eigenvalue weighted by molar-refractivity contribution is -0.0154. The smallest absolute Gasteiger partial charge is 0.201 e. The lowest BCUT2D eigenvalue weighted by atomic mass is 9.86. The van der Waals surface area contributed by atoms with Crippen LogP contribution < -0.4 is 0 Å².